The van der Waals surface area contributed by atoms with E-state index >= 15 is 0 Å². The lowest BCUT2D eigenvalue weighted by Crippen LogP contribution is -2.32. The van der Waals surface area contributed by atoms with E-state index in [4.69, 9.17) is 5.84 Å². The van der Waals surface area contributed by atoms with Crippen molar-refractivity contribution in [3.05, 3.63) is 29.8 Å². The molecule has 0 spiro atoms. The van der Waals surface area contributed by atoms with Crippen LogP contribution in [0, 0.1) is 5.92 Å². The Kier molecular flexibility index (Phi) is 6.01. The minimum atomic E-state index is -2.81. The number of hydrogen-bond donors (Lipinski definition) is 2. The third kappa shape index (κ3) is 4.23. The lowest BCUT2D eigenvalue weighted by molar-refractivity contribution is -0.0499. The monoisotopic (exact) mass is 258 g/mol. The van der Waals surface area contributed by atoms with Gasteiger partial charge in [-0.05, 0) is 30.0 Å². The van der Waals surface area contributed by atoms with E-state index in [9.17, 15) is 8.78 Å². The smallest absolute Gasteiger partial charge is 0.387 e. The van der Waals surface area contributed by atoms with E-state index in [0.717, 1.165) is 18.4 Å². The highest BCUT2D eigenvalue weighted by Gasteiger charge is 2.18. The first-order chi connectivity index (χ1) is 8.58. The summed E-state index contributed by atoms with van der Waals surface area (Å²) in [6.45, 7) is 1.37. The van der Waals surface area contributed by atoms with E-state index in [1.807, 2.05) is 6.07 Å². The second-order valence-electron chi connectivity index (χ2n) is 4.36. The number of nitrogens with two attached hydrogens (primary N) is 1. The Bertz CT molecular complexity index is 361. The minimum Gasteiger partial charge on any atom is -0.435 e. The van der Waals surface area contributed by atoms with Crippen molar-refractivity contribution in [3.8, 4) is 5.75 Å². The molecular formula is C13H20F2N2O. The van der Waals surface area contributed by atoms with Gasteiger partial charge in [0.2, 0.25) is 0 Å². The van der Waals surface area contributed by atoms with Gasteiger partial charge in [-0.3, -0.25) is 11.3 Å². The summed E-state index contributed by atoms with van der Waals surface area (Å²) in [5.74, 6) is 6.03. The molecule has 1 aromatic rings. The van der Waals surface area contributed by atoms with Crippen LogP contribution in [0.2, 0.25) is 0 Å². The van der Waals surface area contributed by atoms with Crippen molar-refractivity contribution in [1.29, 1.82) is 0 Å². The van der Waals surface area contributed by atoms with Gasteiger partial charge in [0, 0.05) is 6.04 Å². The van der Waals surface area contributed by atoms with E-state index in [1.165, 1.54) is 6.07 Å². The number of alkyl halides is 2. The van der Waals surface area contributed by atoms with Gasteiger partial charge in [-0.2, -0.15) is 8.78 Å². The Morgan fingerprint density at radius 3 is 2.67 bits per heavy atom. The third-order valence-corrected chi connectivity index (χ3v) is 2.93. The number of hydrazine groups is 1. The van der Waals surface area contributed by atoms with Crippen molar-refractivity contribution in [2.24, 2.45) is 11.8 Å². The summed E-state index contributed by atoms with van der Waals surface area (Å²) in [6.07, 6.45) is 2.06. The Morgan fingerprint density at radius 2 is 2.11 bits per heavy atom. The van der Waals surface area contributed by atoms with Crippen molar-refractivity contribution in [2.45, 2.75) is 39.3 Å². The van der Waals surface area contributed by atoms with Crippen molar-refractivity contribution in [2.75, 3.05) is 0 Å². The number of hydrogen-bond acceptors (Lipinski definition) is 3. The maximum absolute atomic E-state index is 12.2. The van der Waals surface area contributed by atoms with Gasteiger partial charge in [-0.1, -0.05) is 32.4 Å². The maximum Gasteiger partial charge on any atom is 0.387 e. The van der Waals surface area contributed by atoms with Crippen LogP contribution in [0.15, 0.2) is 24.3 Å². The van der Waals surface area contributed by atoms with Crippen LogP contribution in [0.5, 0.6) is 5.75 Å². The lowest BCUT2D eigenvalue weighted by atomic mass is 9.91. The molecular weight excluding hydrogens is 238 g/mol. The fraction of sp³-hybridized carbons (Fsp3) is 0.538. The molecule has 1 aromatic carbocycles. The zero-order chi connectivity index (χ0) is 13.5. The van der Waals surface area contributed by atoms with Gasteiger partial charge in [0.1, 0.15) is 5.75 Å². The Morgan fingerprint density at radius 1 is 1.39 bits per heavy atom. The topological polar surface area (TPSA) is 47.3 Å². The zero-order valence-electron chi connectivity index (χ0n) is 10.7. The lowest BCUT2D eigenvalue weighted by Gasteiger charge is -2.23. The predicted molar refractivity (Wildman–Crippen MR) is 67.2 cm³/mol. The highest BCUT2D eigenvalue weighted by atomic mass is 19.3. The Balaban J connectivity index is 2.85. The van der Waals surface area contributed by atoms with Crippen LogP contribution in [0.3, 0.4) is 0 Å². The van der Waals surface area contributed by atoms with Crippen molar-refractivity contribution in [3.63, 3.8) is 0 Å². The molecule has 0 heterocycles. The van der Waals surface area contributed by atoms with Crippen LogP contribution in [0.4, 0.5) is 8.78 Å². The van der Waals surface area contributed by atoms with Gasteiger partial charge < -0.3 is 4.74 Å². The highest BCUT2D eigenvalue weighted by molar-refractivity contribution is 5.30. The summed E-state index contributed by atoms with van der Waals surface area (Å²) in [7, 11) is 0. The molecule has 18 heavy (non-hydrogen) atoms. The molecule has 0 aliphatic heterocycles. The molecule has 102 valence electrons. The molecule has 2 atom stereocenters. The average Bonchev–Trinajstić information content (AvgIpc) is 2.30. The highest BCUT2D eigenvalue weighted by Crippen LogP contribution is 2.27. The van der Waals surface area contributed by atoms with Crippen molar-refractivity contribution < 1.29 is 13.5 Å². The third-order valence-electron chi connectivity index (χ3n) is 2.93. The van der Waals surface area contributed by atoms with E-state index < -0.39 is 6.61 Å². The van der Waals surface area contributed by atoms with E-state index in [1.54, 1.807) is 12.1 Å². The number of nitrogens with one attached hydrogen (secondary N) is 1. The molecule has 0 aliphatic carbocycles. The predicted octanol–water partition coefficient (Wildman–Crippen LogP) is 3.23. The standard InChI is InChI=1S/C13H20F2N2O/c1-3-5-9(2)12(17-16)10-6-4-7-11(8-10)18-13(14)15/h4,6-9,12-13,17H,3,5,16H2,1-2H3. The van der Waals surface area contributed by atoms with Gasteiger partial charge in [-0.15, -0.1) is 0 Å². The van der Waals surface area contributed by atoms with E-state index in [0.29, 0.717) is 5.92 Å². The average molecular weight is 258 g/mol. The van der Waals surface area contributed by atoms with Gasteiger partial charge >= 0.3 is 6.61 Å². The molecule has 1 rings (SSSR count). The van der Waals surface area contributed by atoms with Crippen molar-refractivity contribution >= 4 is 0 Å². The van der Waals surface area contributed by atoms with Gasteiger partial charge in [0.25, 0.3) is 0 Å². The van der Waals surface area contributed by atoms with Crippen LogP contribution in [-0.4, -0.2) is 6.61 Å². The first-order valence-electron chi connectivity index (χ1n) is 6.09. The Labute approximate surface area is 106 Å². The molecule has 3 N–H and O–H groups in total. The Hall–Kier alpha value is -1.20. The molecule has 3 nitrogen and oxygen atoms in total. The molecule has 0 saturated carbocycles. The largest absolute Gasteiger partial charge is 0.435 e. The van der Waals surface area contributed by atoms with Crippen LogP contribution < -0.4 is 16.0 Å². The quantitative estimate of drug-likeness (QED) is 0.583. The molecule has 0 radical (unpaired) electrons. The fourth-order valence-electron chi connectivity index (χ4n) is 2.10. The molecule has 0 bridgehead atoms. The fourth-order valence-corrected chi connectivity index (χ4v) is 2.10. The summed E-state index contributed by atoms with van der Waals surface area (Å²) < 4.78 is 28.7. The van der Waals surface area contributed by atoms with Gasteiger partial charge in [0.15, 0.2) is 0 Å². The van der Waals surface area contributed by atoms with Crippen LogP contribution in [0.25, 0.3) is 0 Å². The SMILES string of the molecule is CCCC(C)C(NN)c1cccc(OC(F)F)c1. The first-order valence-corrected chi connectivity index (χ1v) is 6.09. The summed E-state index contributed by atoms with van der Waals surface area (Å²) in [5, 5.41) is 0. The van der Waals surface area contributed by atoms with E-state index in [-0.39, 0.29) is 11.8 Å². The first kappa shape index (κ1) is 14.9. The summed E-state index contributed by atoms with van der Waals surface area (Å²) in [6, 6.07) is 6.59. The molecule has 0 fully saturated rings. The van der Waals surface area contributed by atoms with E-state index in [2.05, 4.69) is 24.0 Å². The van der Waals surface area contributed by atoms with Crippen LogP contribution in [0.1, 0.15) is 38.3 Å². The van der Waals surface area contributed by atoms with Crippen LogP contribution >= 0.6 is 0 Å². The number of halogens is 2. The maximum atomic E-state index is 12.2. The van der Waals surface area contributed by atoms with Gasteiger partial charge in [0.05, 0.1) is 0 Å². The van der Waals surface area contributed by atoms with Crippen molar-refractivity contribution in [1.82, 2.24) is 5.43 Å². The summed E-state index contributed by atoms with van der Waals surface area (Å²) >= 11 is 0. The zero-order valence-corrected chi connectivity index (χ0v) is 10.7. The van der Waals surface area contributed by atoms with Crippen LogP contribution in [-0.2, 0) is 0 Å². The molecule has 0 aliphatic rings. The second kappa shape index (κ2) is 7.28. The molecule has 2 unspecified atom stereocenters. The minimum absolute atomic E-state index is 0.0637. The number of ether oxygens (including phenoxy) is 1. The normalized spacial score (nSPS) is 14.6. The summed E-state index contributed by atoms with van der Waals surface area (Å²) in [5.41, 5.74) is 3.60. The molecule has 0 aromatic heterocycles. The molecule has 5 heteroatoms. The van der Waals surface area contributed by atoms with Gasteiger partial charge in [-0.25, -0.2) is 0 Å². The second-order valence-corrected chi connectivity index (χ2v) is 4.36. The number of rotatable bonds is 7. The summed E-state index contributed by atoms with van der Waals surface area (Å²) in [4.78, 5) is 0. The molecule has 0 saturated heterocycles. The molecule has 0 amide bonds. The number of benzene rings is 1.